The lowest BCUT2D eigenvalue weighted by Gasteiger charge is -2.18. The molecule has 34 heavy (non-hydrogen) atoms. The van der Waals surface area contributed by atoms with Gasteiger partial charge >= 0.3 is 0 Å². The van der Waals surface area contributed by atoms with Gasteiger partial charge in [0.15, 0.2) is 5.82 Å². The van der Waals surface area contributed by atoms with Crippen molar-refractivity contribution in [2.45, 2.75) is 24.7 Å². The van der Waals surface area contributed by atoms with E-state index in [1.54, 1.807) is 14.2 Å². The van der Waals surface area contributed by atoms with Gasteiger partial charge in [-0.2, -0.15) is 5.10 Å². The number of ether oxygens (including phenoxy) is 2. The van der Waals surface area contributed by atoms with Gasteiger partial charge in [0.2, 0.25) is 0 Å². The minimum atomic E-state index is -1.59. The molecule has 0 unspecified atom stereocenters. The molecule has 2 aromatic carbocycles. The van der Waals surface area contributed by atoms with Crippen molar-refractivity contribution in [3.63, 3.8) is 0 Å². The number of rotatable bonds is 11. The normalized spacial score (nSPS) is 13.9. The van der Waals surface area contributed by atoms with Gasteiger partial charge in [0.05, 0.1) is 32.7 Å². The van der Waals surface area contributed by atoms with Crippen molar-refractivity contribution in [3.05, 3.63) is 65.7 Å². The zero-order chi connectivity index (χ0) is 24.5. The minimum absolute atomic E-state index is 0.337. The smallest absolute Gasteiger partial charge is 0.172 e. The first-order chi connectivity index (χ1) is 16.5. The van der Waals surface area contributed by atoms with E-state index in [1.807, 2.05) is 54.6 Å². The molecule has 0 amide bonds. The third kappa shape index (κ3) is 6.27. The van der Waals surface area contributed by atoms with Crippen LogP contribution in [0.3, 0.4) is 0 Å². The molecule has 180 valence electrons. The lowest BCUT2D eigenvalue weighted by atomic mass is 10.0. The van der Waals surface area contributed by atoms with E-state index < -0.39 is 24.9 Å². The summed E-state index contributed by atoms with van der Waals surface area (Å²) < 4.78 is 10.7. The molecular weight excluding hydrogens is 440 g/mol. The summed E-state index contributed by atoms with van der Waals surface area (Å²) in [5.74, 6) is 1.78. The molecule has 0 aliphatic rings. The summed E-state index contributed by atoms with van der Waals surface area (Å²) in [4.78, 5) is 0. The van der Waals surface area contributed by atoms with Crippen molar-refractivity contribution < 1.29 is 29.9 Å². The number of benzene rings is 2. The van der Waals surface area contributed by atoms with Crippen LogP contribution in [0, 0.1) is 0 Å². The molecular formula is C24H28N4O6. The molecule has 0 radical (unpaired) electrons. The fourth-order valence-electron chi connectivity index (χ4n) is 3.21. The average Bonchev–Trinajstić information content (AvgIpc) is 2.88. The number of anilines is 1. The number of nitrogens with zero attached hydrogens (tertiary/aromatic N) is 3. The summed E-state index contributed by atoms with van der Waals surface area (Å²) in [6, 6.07) is 16.9. The third-order valence-corrected chi connectivity index (χ3v) is 5.16. The van der Waals surface area contributed by atoms with Crippen molar-refractivity contribution in [2.75, 3.05) is 26.3 Å². The lowest BCUT2D eigenvalue weighted by Crippen LogP contribution is -2.40. The van der Waals surface area contributed by atoms with E-state index in [9.17, 15) is 15.3 Å². The van der Waals surface area contributed by atoms with Crippen molar-refractivity contribution >= 4 is 12.0 Å². The summed E-state index contributed by atoms with van der Waals surface area (Å²) in [6.07, 6.45) is -3.12. The van der Waals surface area contributed by atoms with Crippen molar-refractivity contribution in [1.29, 1.82) is 0 Å². The summed E-state index contributed by atoms with van der Waals surface area (Å²) >= 11 is 0. The highest BCUT2D eigenvalue weighted by atomic mass is 16.5. The SMILES string of the molecule is COc1ccc(-c2cc(Cc3ccccc3OC)c(N/N=C/[C@@H](O)[C@H](O)[C@H](O)CO)nn2)cc1. The highest BCUT2D eigenvalue weighted by molar-refractivity contribution is 5.66. The Morgan fingerprint density at radius 3 is 2.38 bits per heavy atom. The van der Waals surface area contributed by atoms with Gasteiger partial charge in [-0.1, -0.05) is 18.2 Å². The zero-order valence-electron chi connectivity index (χ0n) is 18.9. The molecule has 3 rings (SSSR count). The molecule has 5 N–H and O–H groups in total. The summed E-state index contributed by atoms with van der Waals surface area (Å²) in [7, 11) is 3.20. The van der Waals surface area contributed by atoms with Gasteiger partial charge in [-0.05, 0) is 42.0 Å². The first kappa shape index (κ1) is 25.1. The van der Waals surface area contributed by atoms with Crippen LogP contribution in [0.1, 0.15) is 11.1 Å². The van der Waals surface area contributed by atoms with Crippen LogP contribution in [0.4, 0.5) is 5.82 Å². The van der Waals surface area contributed by atoms with Crippen LogP contribution < -0.4 is 14.9 Å². The Kier molecular flexibility index (Phi) is 8.88. The molecule has 3 atom stereocenters. The van der Waals surface area contributed by atoms with Crippen molar-refractivity contribution in [2.24, 2.45) is 5.10 Å². The fourth-order valence-corrected chi connectivity index (χ4v) is 3.21. The number of aromatic nitrogens is 2. The number of methoxy groups -OCH3 is 2. The van der Waals surface area contributed by atoms with E-state index in [-0.39, 0.29) is 0 Å². The Morgan fingerprint density at radius 2 is 1.71 bits per heavy atom. The Balaban J connectivity index is 1.90. The quantitative estimate of drug-likeness (QED) is 0.207. The number of para-hydroxylation sites is 1. The Morgan fingerprint density at radius 1 is 0.971 bits per heavy atom. The maximum atomic E-state index is 9.93. The van der Waals surface area contributed by atoms with E-state index in [2.05, 4.69) is 20.7 Å². The van der Waals surface area contributed by atoms with Gasteiger partial charge in [-0.25, -0.2) is 0 Å². The van der Waals surface area contributed by atoms with Gasteiger partial charge in [0, 0.05) is 17.5 Å². The van der Waals surface area contributed by atoms with Crippen LogP contribution in [0.25, 0.3) is 11.3 Å². The standard InChI is InChI=1S/C24H28N4O6/c1-33-18-9-7-15(8-10-18)19-12-17(11-16-5-3-4-6-22(16)34-2)24(28-26-19)27-25-13-20(30)23(32)21(31)14-29/h3-10,12-13,20-21,23,29-32H,11,14H2,1-2H3,(H,27,28)/b25-13+/t20-,21-,23+/m1/s1. The predicted molar refractivity (Wildman–Crippen MR) is 127 cm³/mol. The fraction of sp³-hybridized carbons (Fsp3) is 0.292. The molecule has 1 heterocycles. The molecule has 0 saturated carbocycles. The Bertz CT molecular complexity index is 1090. The first-order valence-electron chi connectivity index (χ1n) is 10.5. The van der Waals surface area contributed by atoms with Crippen LogP contribution in [0.5, 0.6) is 11.5 Å². The number of hydrogen-bond acceptors (Lipinski definition) is 10. The predicted octanol–water partition coefficient (Wildman–Crippen LogP) is 1.22. The van der Waals surface area contributed by atoms with Crippen LogP contribution in [-0.4, -0.2) is 76.0 Å². The summed E-state index contributed by atoms with van der Waals surface area (Å²) in [5.41, 5.74) is 5.90. The molecule has 0 aliphatic heterocycles. The molecule has 0 bridgehead atoms. The van der Waals surface area contributed by atoms with Crippen molar-refractivity contribution in [1.82, 2.24) is 10.2 Å². The monoisotopic (exact) mass is 468 g/mol. The molecule has 0 spiro atoms. The molecule has 0 saturated heterocycles. The Labute approximate surface area is 197 Å². The number of aliphatic hydroxyl groups excluding tert-OH is 4. The average molecular weight is 469 g/mol. The van der Waals surface area contributed by atoms with Crippen molar-refractivity contribution in [3.8, 4) is 22.8 Å². The van der Waals surface area contributed by atoms with Gasteiger partial charge in [0.1, 0.15) is 29.8 Å². The zero-order valence-corrected chi connectivity index (χ0v) is 18.9. The van der Waals surface area contributed by atoms with E-state index in [4.69, 9.17) is 14.6 Å². The maximum absolute atomic E-state index is 9.93. The third-order valence-electron chi connectivity index (χ3n) is 5.16. The molecule has 10 nitrogen and oxygen atoms in total. The topological polar surface area (TPSA) is 150 Å². The number of nitrogens with one attached hydrogen (secondary N) is 1. The second kappa shape index (κ2) is 12.1. The van der Waals surface area contributed by atoms with Crippen LogP contribution in [0.15, 0.2) is 59.7 Å². The minimum Gasteiger partial charge on any atom is -0.497 e. The number of aliphatic hydroxyl groups is 4. The van der Waals surface area contributed by atoms with Crippen LogP contribution in [0.2, 0.25) is 0 Å². The highest BCUT2D eigenvalue weighted by Gasteiger charge is 2.22. The van der Waals surface area contributed by atoms with Gasteiger partial charge in [-0.15, -0.1) is 10.2 Å². The second-order valence-corrected chi connectivity index (χ2v) is 7.44. The first-order valence-corrected chi connectivity index (χ1v) is 10.5. The molecule has 3 aromatic rings. The highest BCUT2D eigenvalue weighted by Crippen LogP contribution is 2.27. The largest absolute Gasteiger partial charge is 0.497 e. The van der Waals surface area contributed by atoms with Crippen LogP contribution in [-0.2, 0) is 6.42 Å². The maximum Gasteiger partial charge on any atom is 0.172 e. The van der Waals surface area contributed by atoms with E-state index in [1.165, 1.54) is 0 Å². The van der Waals surface area contributed by atoms with E-state index in [0.717, 1.165) is 34.4 Å². The number of hydrogen-bond donors (Lipinski definition) is 5. The summed E-state index contributed by atoms with van der Waals surface area (Å²) in [6.45, 7) is -0.694. The van der Waals surface area contributed by atoms with Gasteiger partial charge < -0.3 is 29.9 Å². The molecule has 1 aromatic heterocycles. The second-order valence-electron chi connectivity index (χ2n) is 7.44. The summed E-state index contributed by atoms with van der Waals surface area (Å²) in [5, 5.41) is 50.5. The number of hydrazone groups is 1. The van der Waals surface area contributed by atoms with E-state index >= 15 is 0 Å². The molecule has 10 heteroatoms. The molecule has 0 aliphatic carbocycles. The lowest BCUT2D eigenvalue weighted by molar-refractivity contribution is -0.0541. The molecule has 0 fully saturated rings. The van der Waals surface area contributed by atoms with Gasteiger partial charge in [0.25, 0.3) is 0 Å². The Hall–Kier alpha value is -3.57. The van der Waals surface area contributed by atoms with Gasteiger partial charge in [-0.3, -0.25) is 5.43 Å². The van der Waals surface area contributed by atoms with Crippen LogP contribution >= 0.6 is 0 Å². The van der Waals surface area contributed by atoms with E-state index in [0.29, 0.717) is 17.9 Å².